The maximum Gasteiger partial charge on any atom is 0.294 e. The summed E-state index contributed by atoms with van der Waals surface area (Å²) in [5.74, 6) is 0. The molecule has 6 N–H and O–H groups in total. The maximum atomic E-state index is 11.2. The molecule has 0 amide bonds. The summed E-state index contributed by atoms with van der Waals surface area (Å²) < 4.78 is 0. The zero-order valence-electron chi connectivity index (χ0n) is 16.8. The van der Waals surface area contributed by atoms with Crippen LogP contribution in [0.1, 0.15) is 38.5 Å². The Kier molecular flexibility index (Phi) is 9.69. The van der Waals surface area contributed by atoms with Gasteiger partial charge in [-0.15, -0.1) is 0 Å². The lowest BCUT2D eigenvalue weighted by molar-refractivity contribution is -0.383. The van der Waals surface area contributed by atoms with Crippen molar-refractivity contribution in [3.05, 3.63) is 40.7 Å². The largest absolute Gasteiger partial charge is 0.403 e. The van der Waals surface area contributed by atoms with Crippen LogP contribution in [-0.2, 0) is 0 Å². The molecule has 2 atom stereocenters. The van der Waals surface area contributed by atoms with Gasteiger partial charge in [-0.1, -0.05) is 12.8 Å². The minimum Gasteiger partial charge on any atom is -0.403 e. The number of nitro benzene ring substituents is 1. The molecule has 0 saturated carbocycles. The van der Waals surface area contributed by atoms with Gasteiger partial charge in [0, 0.05) is 43.3 Å². The number of likely N-dealkylation sites (tertiary alicyclic amines) is 1. The molecular weight excluding hydrogens is 374 g/mol. The number of benzene rings is 1. The number of aliphatic hydroxyl groups excluding tert-OH is 2. The van der Waals surface area contributed by atoms with Crippen molar-refractivity contribution in [1.29, 1.82) is 0 Å². The molecule has 0 unspecified atom stereocenters. The molecule has 1 saturated heterocycles. The van der Waals surface area contributed by atoms with E-state index in [1.807, 2.05) is 0 Å². The first kappa shape index (κ1) is 22.9. The molecule has 1 aliphatic rings. The fourth-order valence-corrected chi connectivity index (χ4v) is 3.64. The van der Waals surface area contributed by atoms with E-state index in [-0.39, 0.29) is 24.4 Å². The molecule has 2 rings (SSSR count). The fourth-order valence-electron chi connectivity index (χ4n) is 3.64. The van der Waals surface area contributed by atoms with Crippen LogP contribution in [0.25, 0.3) is 0 Å². The van der Waals surface area contributed by atoms with Crippen LogP contribution in [0, 0.1) is 10.1 Å². The zero-order chi connectivity index (χ0) is 21.1. The van der Waals surface area contributed by atoms with E-state index in [9.17, 15) is 20.3 Å². The first-order chi connectivity index (χ1) is 14.0. The zero-order valence-corrected chi connectivity index (χ0v) is 16.8. The number of aliphatic hydroxyl groups is 2. The SMILES string of the molecule is N/C=C\Nc1ccc(NCCCCCCN2CC[C@@H](O)C[C@H]2CO)cc1[N+](=O)[O-]. The van der Waals surface area contributed by atoms with Crippen LogP contribution < -0.4 is 16.4 Å². The van der Waals surface area contributed by atoms with Crippen molar-refractivity contribution < 1.29 is 15.1 Å². The average molecular weight is 408 g/mol. The molecule has 9 heteroatoms. The Morgan fingerprint density at radius 3 is 2.83 bits per heavy atom. The highest BCUT2D eigenvalue weighted by molar-refractivity contribution is 5.68. The van der Waals surface area contributed by atoms with Crippen LogP contribution in [0.3, 0.4) is 0 Å². The van der Waals surface area contributed by atoms with E-state index in [0.717, 1.165) is 57.4 Å². The molecule has 0 aliphatic carbocycles. The van der Waals surface area contributed by atoms with Gasteiger partial charge in [0.15, 0.2) is 0 Å². The topological polar surface area (TPSA) is 137 Å². The summed E-state index contributed by atoms with van der Waals surface area (Å²) >= 11 is 0. The standard InChI is InChI=1S/C20H33N5O4/c21-8-10-23-19-6-5-16(13-20(19)25(28)29)22-9-3-1-2-4-11-24-12-7-18(27)14-17(24)15-26/h5-6,8,10,13,17-18,22-23,26-27H,1-4,7,9,11-12,14-15,21H2/b10-8-/t17-,18+/m0/s1. The van der Waals surface area contributed by atoms with Gasteiger partial charge in [-0.3, -0.25) is 15.0 Å². The van der Waals surface area contributed by atoms with Crippen molar-refractivity contribution in [2.75, 3.05) is 36.9 Å². The summed E-state index contributed by atoms with van der Waals surface area (Å²) in [6.45, 7) is 2.65. The number of anilines is 2. The van der Waals surface area contributed by atoms with Gasteiger partial charge in [0.25, 0.3) is 5.69 Å². The molecule has 1 aliphatic heterocycles. The van der Waals surface area contributed by atoms with Crippen molar-refractivity contribution in [2.24, 2.45) is 5.73 Å². The number of nitrogens with zero attached hydrogens (tertiary/aromatic N) is 2. The summed E-state index contributed by atoms with van der Waals surface area (Å²) in [7, 11) is 0. The summed E-state index contributed by atoms with van der Waals surface area (Å²) in [6.07, 6.45) is 8.08. The maximum absolute atomic E-state index is 11.2. The number of hydrogen-bond acceptors (Lipinski definition) is 8. The van der Waals surface area contributed by atoms with E-state index < -0.39 is 4.92 Å². The number of rotatable bonds is 12. The summed E-state index contributed by atoms with van der Waals surface area (Å²) in [6, 6.07) is 5.06. The molecular formula is C20H33N5O4. The molecule has 0 bridgehead atoms. The van der Waals surface area contributed by atoms with E-state index in [1.165, 1.54) is 18.5 Å². The van der Waals surface area contributed by atoms with Gasteiger partial charge in [0.2, 0.25) is 0 Å². The quantitative estimate of drug-likeness (QED) is 0.202. The van der Waals surface area contributed by atoms with Crippen molar-refractivity contribution in [2.45, 2.75) is 50.7 Å². The van der Waals surface area contributed by atoms with Crippen molar-refractivity contribution in [3.63, 3.8) is 0 Å². The molecule has 0 aromatic heterocycles. The van der Waals surface area contributed by atoms with Gasteiger partial charge in [-0.05, 0) is 44.4 Å². The first-order valence-corrected chi connectivity index (χ1v) is 10.2. The van der Waals surface area contributed by atoms with Crippen LogP contribution in [0.5, 0.6) is 0 Å². The summed E-state index contributed by atoms with van der Waals surface area (Å²) in [5.41, 5.74) is 6.38. The number of piperidine rings is 1. The molecule has 1 aromatic rings. The Balaban J connectivity index is 1.66. The van der Waals surface area contributed by atoms with Gasteiger partial charge in [-0.25, -0.2) is 0 Å². The second-order valence-electron chi connectivity index (χ2n) is 7.38. The molecule has 0 spiro atoms. The van der Waals surface area contributed by atoms with Gasteiger partial charge in [0.1, 0.15) is 5.69 Å². The molecule has 29 heavy (non-hydrogen) atoms. The van der Waals surface area contributed by atoms with Gasteiger partial charge in [0.05, 0.1) is 17.6 Å². The normalized spacial score (nSPS) is 20.1. The van der Waals surface area contributed by atoms with Crippen molar-refractivity contribution in [1.82, 2.24) is 4.90 Å². The second kappa shape index (κ2) is 12.3. The van der Waals surface area contributed by atoms with Gasteiger partial charge in [-0.2, -0.15) is 0 Å². The smallest absolute Gasteiger partial charge is 0.294 e. The number of nitrogens with one attached hydrogen (secondary N) is 2. The number of unbranched alkanes of at least 4 members (excludes halogenated alkanes) is 3. The molecule has 162 valence electrons. The van der Waals surface area contributed by atoms with Crippen LogP contribution in [0.2, 0.25) is 0 Å². The Bertz CT molecular complexity index is 670. The number of hydrogen-bond donors (Lipinski definition) is 5. The van der Waals surface area contributed by atoms with E-state index >= 15 is 0 Å². The third-order valence-electron chi connectivity index (χ3n) is 5.25. The lowest BCUT2D eigenvalue weighted by Crippen LogP contribution is -2.46. The van der Waals surface area contributed by atoms with Crippen LogP contribution in [0.4, 0.5) is 17.1 Å². The van der Waals surface area contributed by atoms with Crippen LogP contribution in [-0.4, -0.2) is 58.4 Å². The highest BCUT2D eigenvalue weighted by Crippen LogP contribution is 2.28. The van der Waals surface area contributed by atoms with Crippen LogP contribution in [0.15, 0.2) is 30.6 Å². The van der Waals surface area contributed by atoms with E-state index in [0.29, 0.717) is 12.1 Å². The molecule has 0 radical (unpaired) electrons. The van der Waals surface area contributed by atoms with Crippen molar-refractivity contribution in [3.8, 4) is 0 Å². The van der Waals surface area contributed by atoms with Crippen LogP contribution >= 0.6 is 0 Å². The highest BCUT2D eigenvalue weighted by Gasteiger charge is 2.26. The van der Waals surface area contributed by atoms with E-state index in [2.05, 4.69) is 15.5 Å². The molecule has 1 fully saturated rings. The number of nitrogens with two attached hydrogens (primary N) is 1. The van der Waals surface area contributed by atoms with E-state index in [1.54, 1.807) is 12.1 Å². The minimum absolute atomic E-state index is 0.00168. The molecule has 9 nitrogen and oxygen atoms in total. The summed E-state index contributed by atoms with van der Waals surface area (Å²) in [4.78, 5) is 13.1. The van der Waals surface area contributed by atoms with E-state index in [4.69, 9.17) is 5.73 Å². The number of nitro groups is 1. The van der Waals surface area contributed by atoms with Crippen molar-refractivity contribution >= 4 is 17.1 Å². The Hall–Kier alpha value is -2.36. The summed E-state index contributed by atoms with van der Waals surface area (Å²) in [5, 5.41) is 36.4. The first-order valence-electron chi connectivity index (χ1n) is 10.2. The lowest BCUT2D eigenvalue weighted by Gasteiger charge is -2.36. The van der Waals surface area contributed by atoms with Gasteiger partial charge >= 0.3 is 0 Å². The highest BCUT2D eigenvalue weighted by atomic mass is 16.6. The monoisotopic (exact) mass is 407 g/mol. The third-order valence-corrected chi connectivity index (χ3v) is 5.25. The predicted octanol–water partition coefficient (Wildman–Crippen LogP) is 2.23. The second-order valence-corrected chi connectivity index (χ2v) is 7.38. The third kappa shape index (κ3) is 7.52. The lowest BCUT2D eigenvalue weighted by atomic mass is 9.99. The predicted molar refractivity (Wildman–Crippen MR) is 115 cm³/mol. The average Bonchev–Trinajstić information content (AvgIpc) is 2.72. The molecule has 1 aromatic carbocycles. The van der Waals surface area contributed by atoms with Gasteiger partial charge < -0.3 is 26.6 Å². The molecule has 1 heterocycles. The Morgan fingerprint density at radius 1 is 1.31 bits per heavy atom. The Labute approximate surface area is 171 Å². The Morgan fingerprint density at radius 2 is 2.10 bits per heavy atom. The minimum atomic E-state index is -0.420. The fraction of sp³-hybridized carbons (Fsp3) is 0.600.